The molecule has 0 bridgehead atoms. The molecule has 0 aromatic heterocycles. The summed E-state index contributed by atoms with van der Waals surface area (Å²) in [5, 5.41) is 12.4. The quantitative estimate of drug-likeness (QED) is 0.378. The van der Waals surface area contributed by atoms with E-state index in [2.05, 4.69) is 11.7 Å². The molecule has 0 spiro atoms. The molecule has 4 heteroatoms. The Kier molecular flexibility index (Phi) is 4.38. The smallest absolute Gasteiger partial charge is 0.147 e. The van der Waals surface area contributed by atoms with Crippen LogP contribution in [0.4, 0.5) is 0 Å². The van der Waals surface area contributed by atoms with Gasteiger partial charge in [-0.2, -0.15) is 0 Å². The lowest BCUT2D eigenvalue weighted by Gasteiger charge is -2.12. The monoisotopic (exact) mass is 239 g/mol. The molecule has 16 heavy (non-hydrogen) atoms. The summed E-state index contributed by atoms with van der Waals surface area (Å²) in [6.45, 7) is 7.68. The van der Waals surface area contributed by atoms with E-state index >= 15 is 0 Å². The average molecular weight is 240 g/mol. The van der Waals surface area contributed by atoms with Gasteiger partial charge in [0.2, 0.25) is 0 Å². The van der Waals surface area contributed by atoms with Gasteiger partial charge >= 0.3 is 0 Å². The highest BCUT2D eigenvalue weighted by molar-refractivity contribution is 6.32. The molecule has 1 aromatic rings. The van der Waals surface area contributed by atoms with Crippen molar-refractivity contribution in [2.24, 2.45) is 5.16 Å². The summed E-state index contributed by atoms with van der Waals surface area (Å²) in [6, 6.07) is 5.29. The lowest BCUT2D eigenvalue weighted by Crippen LogP contribution is -2.04. The average Bonchev–Trinajstić information content (AvgIpc) is 2.25. The van der Waals surface area contributed by atoms with Gasteiger partial charge in [0.1, 0.15) is 12.4 Å². The van der Waals surface area contributed by atoms with Gasteiger partial charge in [0.05, 0.1) is 10.7 Å². The van der Waals surface area contributed by atoms with Crippen LogP contribution in [0, 0.1) is 0 Å². The zero-order chi connectivity index (χ0) is 12.1. The second kappa shape index (κ2) is 5.56. The number of rotatable bonds is 4. The maximum Gasteiger partial charge on any atom is 0.147 e. The van der Waals surface area contributed by atoms with Crippen molar-refractivity contribution in [3.8, 4) is 5.75 Å². The molecule has 1 rings (SSSR count). The third kappa shape index (κ3) is 3.00. The minimum absolute atomic E-state index is 0.384. The maximum absolute atomic E-state index is 8.75. The van der Waals surface area contributed by atoms with Crippen LogP contribution in [0.1, 0.15) is 19.4 Å². The van der Waals surface area contributed by atoms with Crippen LogP contribution in [0.3, 0.4) is 0 Å². The van der Waals surface area contributed by atoms with Crippen LogP contribution in [-0.4, -0.2) is 17.5 Å². The number of ether oxygens (including phenoxy) is 1. The zero-order valence-electron chi connectivity index (χ0n) is 9.33. The van der Waals surface area contributed by atoms with E-state index in [-0.39, 0.29) is 0 Å². The number of oxime groups is 1. The highest BCUT2D eigenvalue weighted by atomic mass is 35.5. The summed E-state index contributed by atoms with van der Waals surface area (Å²) < 4.78 is 5.53. The van der Waals surface area contributed by atoms with Crippen molar-refractivity contribution in [3.63, 3.8) is 0 Å². The Morgan fingerprint density at radius 1 is 1.50 bits per heavy atom. The molecule has 0 aliphatic rings. The van der Waals surface area contributed by atoms with E-state index in [0.29, 0.717) is 28.7 Å². The van der Waals surface area contributed by atoms with Crippen molar-refractivity contribution < 1.29 is 9.94 Å². The van der Waals surface area contributed by atoms with E-state index in [1.54, 1.807) is 25.1 Å². The van der Waals surface area contributed by atoms with Crippen LogP contribution in [0.2, 0.25) is 5.02 Å². The second-order valence-corrected chi connectivity index (χ2v) is 3.95. The first kappa shape index (κ1) is 12.6. The number of hydrogen-bond acceptors (Lipinski definition) is 3. The standard InChI is InChI=1S/C12H14ClNO2/c1-8(2)7-16-12-10(9(3)14-15)5-4-6-11(12)13/h4-6,15H,1,7H2,2-3H3/b14-9+. The molecule has 3 nitrogen and oxygen atoms in total. The molecule has 0 saturated heterocycles. The molecular formula is C12H14ClNO2. The molecule has 0 amide bonds. The SMILES string of the molecule is C=C(C)COc1c(Cl)cccc1/C(C)=N/O. The van der Waals surface area contributed by atoms with Gasteiger partial charge < -0.3 is 9.94 Å². The minimum Gasteiger partial charge on any atom is -0.487 e. The van der Waals surface area contributed by atoms with Crippen molar-refractivity contribution >= 4 is 17.3 Å². The third-order valence-electron chi connectivity index (χ3n) is 1.97. The van der Waals surface area contributed by atoms with Crippen molar-refractivity contribution in [2.45, 2.75) is 13.8 Å². The van der Waals surface area contributed by atoms with E-state index in [1.165, 1.54) is 0 Å². The number of nitrogens with zero attached hydrogens (tertiary/aromatic N) is 1. The lowest BCUT2D eigenvalue weighted by atomic mass is 10.1. The Labute approximate surface area is 100.0 Å². The highest BCUT2D eigenvalue weighted by Gasteiger charge is 2.11. The van der Waals surface area contributed by atoms with Crippen LogP contribution in [0.5, 0.6) is 5.75 Å². The zero-order valence-corrected chi connectivity index (χ0v) is 10.1. The van der Waals surface area contributed by atoms with Crippen molar-refractivity contribution in [3.05, 3.63) is 40.9 Å². The van der Waals surface area contributed by atoms with Crippen molar-refractivity contribution in [1.29, 1.82) is 0 Å². The van der Waals surface area contributed by atoms with Gasteiger partial charge in [0.15, 0.2) is 0 Å². The summed E-state index contributed by atoms with van der Waals surface area (Å²) in [6.07, 6.45) is 0. The molecule has 0 saturated carbocycles. The molecule has 0 heterocycles. The van der Waals surface area contributed by atoms with Gasteiger partial charge in [-0.1, -0.05) is 29.4 Å². The van der Waals surface area contributed by atoms with E-state index in [9.17, 15) is 0 Å². The van der Waals surface area contributed by atoms with E-state index in [1.807, 2.05) is 6.92 Å². The number of para-hydroxylation sites is 1. The van der Waals surface area contributed by atoms with Crippen molar-refractivity contribution in [1.82, 2.24) is 0 Å². The van der Waals surface area contributed by atoms with Crippen LogP contribution in [0.25, 0.3) is 0 Å². The van der Waals surface area contributed by atoms with E-state index in [0.717, 1.165) is 5.57 Å². The molecule has 0 aliphatic heterocycles. The van der Waals surface area contributed by atoms with Gasteiger partial charge in [0, 0.05) is 5.56 Å². The Bertz CT molecular complexity index is 427. The largest absolute Gasteiger partial charge is 0.487 e. The molecule has 86 valence electrons. The summed E-state index contributed by atoms with van der Waals surface area (Å²) in [7, 11) is 0. The Morgan fingerprint density at radius 3 is 2.75 bits per heavy atom. The number of hydrogen-bond donors (Lipinski definition) is 1. The molecule has 0 radical (unpaired) electrons. The topological polar surface area (TPSA) is 41.8 Å². The van der Waals surface area contributed by atoms with Crippen LogP contribution in [-0.2, 0) is 0 Å². The van der Waals surface area contributed by atoms with E-state index in [4.69, 9.17) is 21.5 Å². The Balaban J connectivity index is 3.08. The molecule has 0 aliphatic carbocycles. The highest BCUT2D eigenvalue weighted by Crippen LogP contribution is 2.29. The lowest BCUT2D eigenvalue weighted by molar-refractivity contribution is 0.318. The van der Waals surface area contributed by atoms with Crippen LogP contribution >= 0.6 is 11.6 Å². The molecular weight excluding hydrogens is 226 g/mol. The summed E-state index contributed by atoms with van der Waals surface area (Å²) in [5.41, 5.74) is 2.03. The first-order valence-corrected chi connectivity index (χ1v) is 5.18. The van der Waals surface area contributed by atoms with Crippen LogP contribution < -0.4 is 4.74 Å². The molecule has 1 aromatic carbocycles. The fourth-order valence-corrected chi connectivity index (χ4v) is 1.42. The van der Waals surface area contributed by atoms with Gasteiger partial charge in [-0.05, 0) is 31.6 Å². The normalized spacial score (nSPS) is 11.3. The fraction of sp³-hybridized carbons (Fsp3) is 0.250. The number of benzene rings is 1. The van der Waals surface area contributed by atoms with Gasteiger partial charge in [-0.15, -0.1) is 0 Å². The predicted octanol–water partition coefficient (Wildman–Crippen LogP) is 3.49. The molecule has 1 N–H and O–H groups in total. The first-order valence-electron chi connectivity index (χ1n) is 4.81. The third-order valence-corrected chi connectivity index (χ3v) is 2.27. The number of halogens is 1. The second-order valence-electron chi connectivity index (χ2n) is 3.55. The van der Waals surface area contributed by atoms with Gasteiger partial charge in [-0.25, -0.2) is 0 Å². The minimum atomic E-state index is 0.384. The summed E-state index contributed by atoms with van der Waals surface area (Å²) in [5.74, 6) is 0.516. The summed E-state index contributed by atoms with van der Waals surface area (Å²) in [4.78, 5) is 0. The van der Waals surface area contributed by atoms with Gasteiger partial charge in [0.25, 0.3) is 0 Å². The first-order chi connectivity index (χ1) is 7.56. The van der Waals surface area contributed by atoms with Crippen LogP contribution in [0.15, 0.2) is 35.5 Å². The Morgan fingerprint density at radius 2 is 2.19 bits per heavy atom. The van der Waals surface area contributed by atoms with Gasteiger partial charge in [-0.3, -0.25) is 0 Å². The summed E-state index contributed by atoms with van der Waals surface area (Å²) >= 11 is 6.02. The fourth-order valence-electron chi connectivity index (χ4n) is 1.19. The Hall–Kier alpha value is -1.48. The molecule has 0 atom stereocenters. The van der Waals surface area contributed by atoms with E-state index < -0.39 is 0 Å². The predicted molar refractivity (Wildman–Crippen MR) is 65.8 cm³/mol. The molecule has 0 unspecified atom stereocenters. The maximum atomic E-state index is 8.75. The molecule has 0 fully saturated rings. The van der Waals surface area contributed by atoms with Crippen molar-refractivity contribution in [2.75, 3.05) is 6.61 Å².